The lowest BCUT2D eigenvalue weighted by Crippen LogP contribution is -2.52. The van der Waals surface area contributed by atoms with E-state index in [4.69, 9.17) is 11.6 Å². The van der Waals surface area contributed by atoms with Crippen LogP contribution < -0.4 is 9.62 Å². The molecular weight excluding hydrogens is 541 g/mol. The average Bonchev–Trinajstić information content (AvgIpc) is 2.90. The van der Waals surface area contributed by atoms with Crippen molar-refractivity contribution in [3.05, 3.63) is 94.8 Å². The number of nitrogens with one attached hydrogen (secondary N) is 1. The molecule has 0 fully saturated rings. The molecule has 0 spiro atoms. The predicted molar refractivity (Wildman–Crippen MR) is 151 cm³/mol. The summed E-state index contributed by atoms with van der Waals surface area (Å²) in [4.78, 5) is 28.1. The smallest absolute Gasteiger partial charge is 0.264 e. The van der Waals surface area contributed by atoms with Crippen molar-refractivity contribution in [2.45, 2.75) is 57.6 Å². The molecule has 0 saturated heterocycles. The first kappa shape index (κ1) is 30.1. The van der Waals surface area contributed by atoms with Gasteiger partial charge >= 0.3 is 0 Å². The Kier molecular flexibility index (Phi) is 10.1. The maximum atomic E-state index is 13.9. The summed E-state index contributed by atoms with van der Waals surface area (Å²) >= 11 is 6.16. The van der Waals surface area contributed by atoms with E-state index in [9.17, 15) is 22.4 Å². The second kappa shape index (κ2) is 13.1. The van der Waals surface area contributed by atoms with Crippen LogP contribution in [0.3, 0.4) is 0 Å². The van der Waals surface area contributed by atoms with Gasteiger partial charge in [-0.15, -0.1) is 0 Å². The number of halogens is 2. The zero-order chi connectivity index (χ0) is 28.7. The molecule has 2 amide bonds. The van der Waals surface area contributed by atoms with E-state index < -0.39 is 34.3 Å². The number of carbonyl (C=O) groups excluding carboxylic acids is 2. The lowest BCUT2D eigenvalue weighted by Gasteiger charge is -2.32. The monoisotopic (exact) mass is 573 g/mol. The summed E-state index contributed by atoms with van der Waals surface area (Å²) in [6.45, 7) is 6.71. The van der Waals surface area contributed by atoms with Crippen molar-refractivity contribution in [3.8, 4) is 0 Å². The molecule has 0 bridgehead atoms. The lowest BCUT2D eigenvalue weighted by molar-refractivity contribution is -0.139. The third kappa shape index (κ3) is 7.80. The van der Waals surface area contributed by atoms with E-state index in [2.05, 4.69) is 5.32 Å². The fourth-order valence-corrected chi connectivity index (χ4v) is 5.48. The third-order valence-corrected chi connectivity index (χ3v) is 8.44. The SMILES string of the molecule is CC[C@@H](C)NC(=O)[C@@H](C)N(Cc1cccc(Cl)c1)C(=O)CN(c1ccc(C)cc1)S(=O)(=O)c1ccc(F)cc1. The van der Waals surface area contributed by atoms with Gasteiger partial charge < -0.3 is 10.2 Å². The number of carbonyl (C=O) groups is 2. The molecule has 3 rings (SSSR count). The highest BCUT2D eigenvalue weighted by molar-refractivity contribution is 7.92. The average molecular weight is 574 g/mol. The first-order valence-corrected chi connectivity index (χ1v) is 14.4. The zero-order valence-electron chi connectivity index (χ0n) is 22.4. The van der Waals surface area contributed by atoms with E-state index in [1.807, 2.05) is 20.8 Å². The molecule has 10 heteroatoms. The van der Waals surface area contributed by atoms with E-state index in [-0.39, 0.29) is 29.1 Å². The molecule has 208 valence electrons. The van der Waals surface area contributed by atoms with Crippen LogP contribution in [0, 0.1) is 12.7 Å². The fourth-order valence-electron chi connectivity index (χ4n) is 3.85. The van der Waals surface area contributed by atoms with Crippen LogP contribution in [0.25, 0.3) is 0 Å². The van der Waals surface area contributed by atoms with Crippen molar-refractivity contribution in [3.63, 3.8) is 0 Å². The Labute approximate surface area is 234 Å². The summed E-state index contributed by atoms with van der Waals surface area (Å²) in [7, 11) is -4.26. The first-order chi connectivity index (χ1) is 18.4. The molecule has 7 nitrogen and oxygen atoms in total. The molecule has 0 radical (unpaired) electrons. The molecule has 0 aliphatic rings. The Morgan fingerprint density at radius 1 is 1.00 bits per heavy atom. The van der Waals surface area contributed by atoms with Crippen LogP contribution in [-0.4, -0.2) is 43.8 Å². The summed E-state index contributed by atoms with van der Waals surface area (Å²) in [5.41, 5.74) is 1.85. The van der Waals surface area contributed by atoms with Crippen LogP contribution in [0.15, 0.2) is 77.7 Å². The van der Waals surface area contributed by atoms with Crippen molar-refractivity contribution in [1.82, 2.24) is 10.2 Å². The van der Waals surface area contributed by atoms with Crippen LogP contribution in [0.4, 0.5) is 10.1 Å². The molecule has 3 aromatic rings. The summed E-state index contributed by atoms with van der Waals surface area (Å²) < 4.78 is 42.0. The van der Waals surface area contributed by atoms with Gasteiger partial charge in [0.15, 0.2) is 0 Å². The van der Waals surface area contributed by atoms with Gasteiger partial charge in [0.1, 0.15) is 18.4 Å². The van der Waals surface area contributed by atoms with Crippen LogP contribution in [-0.2, 0) is 26.2 Å². The highest BCUT2D eigenvalue weighted by atomic mass is 35.5. The number of rotatable bonds is 11. The van der Waals surface area contributed by atoms with Crippen LogP contribution in [0.5, 0.6) is 0 Å². The van der Waals surface area contributed by atoms with Crippen molar-refractivity contribution in [1.29, 1.82) is 0 Å². The van der Waals surface area contributed by atoms with Gasteiger partial charge in [0.25, 0.3) is 10.0 Å². The molecule has 0 aliphatic heterocycles. The van der Waals surface area contributed by atoms with Crippen molar-refractivity contribution >= 4 is 39.1 Å². The Balaban J connectivity index is 2.02. The summed E-state index contributed by atoms with van der Waals surface area (Å²) in [5.74, 6) is -1.53. The lowest BCUT2D eigenvalue weighted by atomic mass is 10.1. The molecule has 0 saturated carbocycles. The molecule has 3 aromatic carbocycles. The summed E-state index contributed by atoms with van der Waals surface area (Å²) in [6, 6.07) is 17.0. The first-order valence-electron chi connectivity index (χ1n) is 12.6. The van der Waals surface area contributed by atoms with E-state index >= 15 is 0 Å². The van der Waals surface area contributed by atoms with E-state index in [0.29, 0.717) is 17.0 Å². The predicted octanol–water partition coefficient (Wildman–Crippen LogP) is 5.31. The number of hydrogen-bond donors (Lipinski definition) is 1. The summed E-state index contributed by atoms with van der Waals surface area (Å²) in [5, 5.41) is 3.36. The van der Waals surface area contributed by atoms with Gasteiger partial charge in [-0.25, -0.2) is 12.8 Å². The molecule has 39 heavy (non-hydrogen) atoms. The highest BCUT2D eigenvalue weighted by Crippen LogP contribution is 2.25. The standard InChI is InChI=1S/C29H33ClFN3O4S/c1-5-21(3)32-29(36)22(4)33(18-23-7-6-8-24(30)17-23)28(35)19-34(26-13-9-20(2)10-14-26)39(37,38)27-15-11-25(31)12-16-27/h6-17,21-22H,5,18-19H2,1-4H3,(H,32,36)/t21-,22-/m1/s1. The van der Waals surface area contributed by atoms with E-state index in [1.54, 1.807) is 55.5 Å². The number of benzene rings is 3. The number of aryl methyl sites for hydroxylation is 1. The number of nitrogens with zero attached hydrogens (tertiary/aromatic N) is 2. The van der Waals surface area contributed by atoms with Crippen molar-refractivity contribution < 1.29 is 22.4 Å². The second-order valence-corrected chi connectivity index (χ2v) is 11.7. The number of amides is 2. The molecule has 0 heterocycles. The number of hydrogen-bond acceptors (Lipinski definition) is 4. The van der Waals surface area contributed by atoms with E-state index in [0.717, 1.165) is 34.1 Å². The molecular formula is C29H33ClFN3O4S. The van der Waals surface area contributed by atoms with Gasteiger partial charge in [-0.3, -0.25) is 13.9 Å². The minimum Gasteiger partial charge on any atom is -0.352 e. The van der Waals surface area contributed by atoms with Crippen LogP contribution in [0.1, 0.15) is 38.3 Å². The van der Waals surface area contributed by atoms with Gasteiger partial charge in [0.05, 0.1) is 10.6 Å². The number of anilines is 1. The minimum absolute atomic E-state index is 0.0345. The minimum atomic E-state index is -4.26. The summed E-state index contributed by atoms with van der Waals surface area (Å²) in [6.07, 6.45) is 0.706. The molecule has 0 aromatic heterocycles. The molecule has 1 N–H and O–H groups in total. The third-order valence-electron chi connectivity index (χ3n) is 6.41. The Hall–Kier alpha value is -3.43. The van der Waals surface area contributed by atoms with E-state index in [1.165, 1.54) is 4.90 Å². The van der Waals surface area contributed by atoms with Crippen LogP contribution in [0.2, 0.25) is 5.02 Å². The van der Waals surface area contributed by atoms with Crippen LogP contribution >= 0.6 is 11.6 Å². The molecule has 0 aliphatic carbocycles. The molecule has 0 unspecified atom stereocenters. The largest absolute Gasteiger partial charge is 0.352 e. The van der Waals surface area contributed by atoms with Crippen molar-refractivity contribution in [2.75, 3.05) is 10.8 Å². The second-order valence-electron chi connectivity index (χ2n) is 9.45. The van der Waals surface area contributed by atoms with Gasteiger partial charge in [-0.2, -0.15) is 0 Å². The number of sulfonamides is 1. The quantitative estimate of drug-likeness (QED) is 0.337. The van der Waals surface area contributed by atoms with Gasteiger partial charge in [-0.05, 0) is 81.3 Å². The zero-order valence-corrected chi connectivity index (χ0v) is 24.0. The Morgan fingerprint density at radius 3 is 2.23 bits per heavy atom. The fraction of sp³-hybridized carbons (Fsp3) is 0.310. The topological polar surface area (TPSA) is 86.8 Å². The Morgan fingerprint density at radius 2 is 1.64 bits per heavy atom. The normalized spacial score (nSPS) is 12.9. The van der Waals surface area contributed by atoms with Crippen molar-refractivity contribution in [2.24, 2.45) is 0 Å². The maximum absolute atomic E-state index is 13.9. The highest BCUT2D eigenvalue weighted by Gasteiger charge is 2.32. The van der Waals surface area contributed by atoms with Gasteiger partial charge in [-0.1, -0.05) is 48.4 Å². The Bertz CT molecular complexity index is 1400. The molecule has 2 atom stereocenters. The maximum Gasteiger partial charge on any atom is 0.264 e. The van der Waals surface area contributed by atoms with Gasteiger partial charge in [0.2, 0.25) is 11.8 Å². The van der Waals surface area contributed by atoms with Gasteiger partial charge in [0, 0.05) is 17.6 Å².